The highest BCUT2D eigenvalue weighted by atomic mass is 127. The van der Waals surface area contributed by atoms with Crippen LogP contribution in [0.25, 0.3) is 0 Å². The molecular weight excluding hydrogens is 349 g/mol. The van der Waals surface area contributed by atoms with E-state index in [0.29, 0.717) is 25.8 Å². The average molecular weight is 367 g/mol. The molecule has 0 aromatic heterocycles. The predicted molar refractivity (Wildman–Crippen MR) is 74.4 cm³/mol. The molecule has 0 spiro atoms. The van der Waals surface area contributed by atoms with Gasteiger partial charge >= 0.3 is 5.97 Å². The van der Waals surface area contributed by atoms with Crippen molar-refractivity contribution >= 4 is 40.3 Å². The summed E-state index contributed by atoms with van der Waals surface area (Å²) in [6.07, 6.45) is 1.54. The number of alkyl halides is 1. The largest absolute Gasteiger partial charge is 0.479 e. The SMILES string of the molecule is CCC(C)(C)C(=O)C(=O)N1CCC[C@]1(I)C(=O)O. The lowest BCUT2D eigenvalue weighted by Crippen LogP contribution is -2.52. The van der Waals surface area contributed by atoms with Gasteiger partial charge in [0.25, 0.3) is 5.91 Å². The molecule has 18 heavy (non-hydrogen) atoms. The monoisotopic (exact) mass is 367 g/mol. The highest BCUT2D eigenvalue weighted by Gasteiger charge is 2.50. The number of rotatable bonds is 4. The molecule has 0 aliphatic carbocycles. The summed E-state index contributed by atoms with van der Waals surface area (Å²) in [5.74, 6) is -2.23. The lowest BCUT2D eigenvalue weighted by molar-refractivity contribution is -0.155. The fraction of sp³-hybridized carbons (Fsp3) is 0.750. The summed E-state index contributed by atoms with van der Waals surface area (Å²) in [6.45, 7) is 5.58. The van der Waals surface area contributed by atoms with Crippen LogP contribution < -0.4 is 0 Å². The molecule has 1 aliphatic rings. The van der Waals surface area contributed by atoms with Gasteiger partial charge < -0.3 is 10.0 Å². The Bertz CT molecular complexity index is 394. The summed E-state index contributed by atoms with van der Waals surface area (Å²) >= 11 is 1.76. The first-order valence-corrected chi connectivity index (χ1v) is 7.03. The van der Waals surface area contributed by atoms with Gasteiger partial charge in [-0.15, -0.1) is 0 Å². The van der Waals surface area contributed by atoms with Crippen LogP contribution in [0, 0.1) is 5.41 Å². The number of aliphatic carboxylic acids is 1. The fourth-order valence-corrected chi connectivity index (χ4v) is 2.68. The quantitative estimate of drug-likeness (QED) is 0.356. The maximum Gasteiger partial charge on any atom is 0.340 e. The predicted octanol–water partition coefficient (Wildman–Crippen LogP) is 1.83. The molecule has 1 rings (SSSR count). The molecule has 102 valence electrons. The van der Waals surface area contributed by atoms with Crippen molar-refractivity contribution in [3.8, 4) is 0 Å². The van der Waals surface area contributed by atoms with E-state index in [9.17, 15) is 19.5 Å². The number of hydrogen-bond donors (Lipinski definition) is 1. The zero-order valence-corrected chi connectivity index (χ0v) is 13.0. The minimum Gasteiger partial charge on any atom is -0.479 e. The summed E-state index contributed by atoms with van der Waals surface area (Å²) in [6, 6.07) is 0. The number of amides is 1. The van der Waals surface area contributed by atoms with Crippen molar-refractivity contribution in [1.82, 2.24) is 4.90 Å². The van der Waals surface area contributed by atoms with Crippen molar-refractivity contribution in [3.05, 3.63) is 0 Å². The number of carboxylic acids is 1. The van der Waals surface area contributed by atoms with Crippen LogP contribution in [0.1, 0.15) is 40.0 Å². The summed E-state index contributed by atoms with van der Waals surface area (Å²) in [7, 11) is 0. The number of ketones is 1. The van der Waals surface area contributed by atoms with Gasteiger partial charge in [0.2, 0.25) is 5.78 Å². The second-order valence-corrected chi connectivity index (χ2v) is 6.98. The molecule has 5 nitrogen and oxygen atoms in total. The summed E-state index contributed by atoms with van der Waals surface area (Å²) in [5, 5.41) is 9.22. The Kier molecular flexibility index (Phi) is 4.40. The molecule has 0 bridgehead atoms. The van der Waals surface area contributed by atoms with E-state index in [4.69, 9.17) is 0 Å². The Morgan fingerprint density at radius 1 is 1.39 bits per heavy atom. The van der Waals surface area contributed by atoms with Crippen molar-refractivity contribution in [2.45, 2.75) is 43.6 Å². The molecule has 1 fully saturated rings. The van der Waals surface area contributed by atoms with Gasteiger partial charge in [0, 0.05) is 12.0 Å². The Labute approximate surface area is 120 Å². The van der Waals surface area contributed by atoms with Crippen molar-refractivity contribution < 1.29 is 19.5 Å². The Morgan fingerprint density at radius 2 is 1.94 bits per heavy atom. The molecule has 1 atom stereocenters. The minimum atomic E-state index is -1.27. The van der Waals surface area contributed by atoms with E-state index in [0.717, 1.165) is 0 Å². The van der Waals surface area contributed by atoms with E-state index in [2.05, 4.69) is 0 Å². The first-order valence-electron chi connectivity index (χ1n) is 5.95. The highest BCUT2D eigenvalue weighted by Crippen LogP contribution is 2.37. The third-order valence-corrected chi connectivity index (χ3v) is 5.17. The number of hydrogen-bond acceptors (Lipinski definition) is 3. The number of halogens is 1. The lowest BCUT2D eigenvalue weighted by atomic mass is 9.84. The number of Topliss-reactive ketones (excluding diaryl/α,β-unsaturated/α-hetero) is 1. The van der Waals surface area contributed by atoms with Crippen molar-refractivity contribution in [2.24, 2.45) is 5.41 Å². The molecule has 1 N–H and O–H groups in total. The van der Waals surface area contributed by atoms with Crippen molar-refractivity contribution in [1.29, 1.82) is 0 Å². The van der Waals surface area contributed by atoms with Gasteiger partial charge in [-0.2, -0.15) is 0 Å². The number of likely N-dealkylation sites (tertiary alicyclic amines) is 1. The summed E-state index contributed by atoms with van der Waals surface area (Å²) in [5.41, 5.74) is -0.740. The van der Waals surface area contributed by atoms with Gasteiger partial charge in [-0.05, 0) is 41.9 Å². The number of nitrogens with zero attached hydrogens (tertiary/aromatic N) is 1. The summed E-state index contributed by atoms with van der Waals surface area (Å²) in [4.78, 5) is 36.8. The van der Waals surface area contributed by atoms with Crippen molar-refractivity contribution in [3.63, 3.8) is 0 Å². The summed E-state index contributed by atoms with van der Waals surface area (Å²) < 4.78 is -1.27. The topological polar surface area (TPSA) is 74.7 Å². The Balaban J connectivity index is 2.98. The van der Waals surface area contributed by atoms with Gasteiger partial charge in [-0.3, -0.25) is 9.59 Å². The lowest BCUT2D eigenvalue weighted by Gasteiger charge is -2.31. The van der Waals surface area contributed by atoms with Crippen LogP contribution >= 0.6 is 22.6 Å². The van der Waals surface area contributed by atoms with E-state index in [1.807, 2.05) is 6.92 Å². The van der Waals surface area contributed by atoms with Crippen LogP contribution in [-0.4, -0.2) is 37.8 Å². The molecule has 0 radical (unpaired) electrons. The molecule has 1 heterocycles. The second-order valence-electron chi connectivity index (χ2n) is 5.19. The molecule has 0 aromatic rings. The zero-order chi connectivity index (χ0) is 14.1. The number of carboxylic acid groups (broad SMARTS) is 1. The van der Waals surface area contributed by atoms with Crippen molar-refractivity contribution in [2.75, 3.05) is 6.54 Å². The van der Waals surface area contributed by atoms with Gasteiger partial charge in [-0.25, -0.2) is 4.79 Å². The van der Waals surface area contributed by atoms with E-state index in [-0.39, 0.29) is 0 Å². The average Bonchev–Trinajstić information content (AvgIpc) is 2.70. The van der Waals surface area contributed by atoms with Gasteiger partial charge in [0.05, 0.1) is 0 Å². The molecule has 0 unspecified atom stereocenters. The molecule has 6 heteroatoms. The van der Waals surface area contributed by atoms with E-state index in [1.165, 1.54) is 4.90 Å². The highest BCUT2D eigenvalue weighted by molar-refractivity contribution is 14.1. The molecule has 1 aliphatic heterocycles. The molecule has 0 saturated carbocycles. The normalized spacial score (nSPS) is 24.1. The number of carbonyl (C=O) groups is 3. The van der Waals surface area contributed by atoms with E-state index >= 15 is 0 Å². The molecule has 1 saturated heterocycles. The van der Waals surface area contributed by atoms with Crippen LogP contribution in [-0.2, 0) is 14.4 Å². The smallest absolute Gasteiger partial charge is 0.340 e. The maximum absolute atomic E-state index is 12.2. The van der Waals surface area contributed by atoms with Gasteiger partial charge in [0.1, 0.15) is 0 Å². The Hall–Kier alpha value is -0.660. The van der Waals surface area contributed by atoms with Crippen LogP contribution in [0.4, 0.5) is 0 Å². The minimum absolute atomic E-state index is 0.333. The van der Waals surface area contributed by atoms with Crippen LogP contribution in [0.15, 0.2) is 0 Å². The number of carbonyl (C=O) groups excluding carboxylic acids is 2. The second kappa shape index (κ2) is 5.14. The van der Waals surface area contributed by atoms with Gasteiger partial charge in [0.15, 0.2) is 3.55 Å². The zero-order valence-electron chi connectivity index (χ0n) is 10.8. The standard InChI is InChI=1S/C12H18INO4/c1-4-11(2,3)8(15)9(16)14-7-5-6-12(14,13)10(17)18/h4-7H2,1-3H3,(H,17,18)/t12-/m1/s1. The third kappa shape index (κ3) is 2.53. The maximum atomic E-state index is 12.2. The van der Waals surface area contributed by atoms with E-state index < -0.39 is 26.6 Å². The molecule has 1 amide bonds. The van der Waals surface area contributed by atoms with E-state index in [1.54, 1.807) is 36.4 Å². The first kappa shape index (κ1) is 15.4. The Morgan fingerprint density at radius 3 is 2.39 bits per heavy atom. The fourth-order valence-electron chi connectivity index (χ4n) is 1.84. The van der Waals surface area contributed by atoms with Crippen LogP contribution in [0.3, 0.4) is 0 Å². The first-order chi connectivity index (χ1) is 8.16. The van der Waals surface area contributed by atoms with Crippen LogP contribution in [0.5, 0.6) is 0 Å². The van der Waals surface area contributed by atoms with Crippen LogP contribution in [0.2, 0.25) is 0 Å². The van der Waals surface area contributed by atoms with Gasteiger partial charge in [-0.1, -0.05) is 20.8 Å². The molecular formula is C12H18INO4. The molecule has 0 aromatic carbocycles. The third-order valence-electron chi connectivity index (χ3n) is 3.58.